The van der Waals surface area contributed by atoms with E-state index >= 15 is 0 Å². The standard InChI is InChI=1S/C27H25Br2F6N3O3/c1-38(25(41)16-12-17(26(30,31)32)14-18(13-16)27(33,34)35)19(10-15-5-7-20(28)21(29)11-15)6-8-23(39)37-22-4-2-3-9-36-24(22)40/h5-8,11-14,19,22H,2-4,9-10H2,1H3,(H,36,40)(H,37,39)/b8-6+/t19-,22?/m0/s1. The molecule has 2 aromatic carbocycles. The molecule has 41 heavy (non-hydrogen) atoms. The Morgan fingerprint density at radius 2 is 1.66 bits per heavy atom. The first-order valence-electron chi connectivity index (χ1n) is 12.3. The lowest BCUT2D eigenvalue weighted by Gasteiger charge is -2.27. The van der Waals surface area contributed by atoms with Gasteiger partial charge in [-0.25, -0.2) is 0 Å². The summed E-state index contributed by atoms with van der Waals surface area (Å²) in [7, 11) is 1.22. The van der Waals surface area contributed by atoms with E-state index in [1.165, 1.54) is 13.1 Å². The normalized spacial score (nSPS) is 17.1. The fourth-order valence-corrected chi connectivity index (χ4v) is 4.84. The van der Waals surface area contributed by atoms with Crippen LogP contribution in [-0.4, -0.2) is 48.3 Å². The average Bonchev–Trinajstić information content (AvgIpc) is 3.10. The molecule has 6 nitrogen and oxygen atoms in total. The Kier molecular flexibility index (Phi) is 10.7. The second-order valence-electron chi connectivity index (χ2n) is 9.44. The predicted octanol–water partition coefficient (Wildman–Crippen LogP) is 6.27. The maximum Gasteiger partial charge on any atom is 0.416 e. The molecular weight excluding hydrogens is 688 g/mol. The fourth-order valence-electron chi connectivity index (χ4n) is 4.17. The van der Waals surface area contributed by atoms with Crippen molar-refractivity contribution in [3.63, 3.8) is 0 Å². The van der Waals surface area contributed by atoms with Gasteiger partial charge in [-0.3, -0.25) is 14.4 Å². The van der Waals surface area contributed by atoms with Gasteiger partial charge in [-0.15, -0.1) is 0 Å². The van der Waals surface area contributed by atoms with Gasteiger partial charge in [-0.05, 0) is 93.4 Å². The summed E-state index contributed by atoms with van der Waals surface area (Å²) in [6.45, 7) is 0.490. The van der Waals surface area contributed by atoms with Crippen LogP contribution in [0.15, 0.2) is 57.5 Å². The van der Waals surface area contributed by atoms with Gasteiger partial charge in [0, 0.05) is 34.2 Å². The van der Waals surface area contributed by atoms with Crippen molar-refractivity contribution in [2.45, 2.75) is 50.1 Å². The van der Waals surface area contributed by atoms with Crippen molar-refractivity contribution in [1.29, 1.82) is 0 Å². The Morgan fingerprint density at radius 1 is 1.02 bits per heavy atom. The van der Waals surface area contributed by atoms with Crippen LogP contribution in [0.25, 0.3) is 0 Å². The first kappa shape index (κ1) is 32.6. The number of likely N-dealkylation sites (N-methyl/N-ethyl adjacent to an activating group) is 1. The van der Waals surface area contributed by atoms with Crippen LogP contribution in [0, 0.1) is 0 Å². The SMILES string of the molecule is CN(C(=O)c1cc(C(F)(F)F)cc(C(F)(F)F)c1)[C@@H](/C=C/C(=O)NC1CCCCNC1=O)Cc1ccc(Br)c(Br)c1. The van der Waals surface area contributed by atoms with E-state index in [9.17, 15) is 40.7 Å². The van der Waals surface area contributed by atoms with E-state index in [0.717, 1.165) is 21.9 Å². The van der Waals surface area contributed by atoms with E-state index < -0.39 is 52.9 Å². The lowest BCUT2D eigenvalue weighted by atomic mass is 10.0. The van der Waals surface area contributed by atoms with E-state index in [1.807, 2.05) is 0 Å². The van der Waals surface area contributed by atoms with Crippen molar-refractivity contribution in [2.75, 3.05) is 13.6 Å². The highest BCUT2D eigenvalue weighted by Gasteiger charge is 2.38. The summed E-state index contributed by atoms with van der Waals surface area (Å²) < 4.78 is 81.7. The number of alkyl halides is 6. The van der Waals surface area contributed by atoms with Crippen LogP contribution in [-0.2, 0) is 28.4 Å². The summed E-state index contributed by atoms with van der Waals surface area (Å²) in [6, 6.07) is 4.07. The van der Waals surface area contributed by atoms with Crippen LogP contribution < -0.4 is 10.6 Å². The zero-order valence-electron chi connectivity index (χ0n) is 21.5. The molecule has 3 amide bonds. The average molecular weight is 713 g/mol. The number of nitrogens with one attached hydrogen (secondary N) is 2. The third-order valence-corrected chi connectivity index (χ3v) is 8.28. The van der Waals surface area contributed by atoms with E-state index in [1.54, 1.807) is 18.2 Å². The van der Waals surface area contributed by atoms with Crippen LogP contribution in [0.4, 0.5) is 26.3 Å². The van der Waals surface area contributed by atoms with Crippen LogP contribution in [0.2, 0.25) is 0 Å². The summed E-state index contributed by atoms with van der Waals surface area (Å²) in [5, 5.41) is 5.28. The third kappa shape index (κ3) is 9.06. The second-order valence-corrected chi connectivity index (χ2v) is 11.1. The quantitative estimate of drug-likeness (QED) is 0.263. The van der Waals surface area contributed by atoms with Crippen molar-refractivity contribution in [2.24, 2.45) is 0 Å². The molecule has 1 saturated heterocycles. The van der Waals surface area contributed by atoms with Gasteiger partial charge in [0.25, 0.3) is 5.91 Å². The molecule has 0 aliphatic carbocycles. The van der Waals surface area contributed by atoms with Gasteiger partial charge < -0.3 is 15.5 Å². The van der Waals surface area contributed by atoms with Crippen molar-refractivity contribution in [3.8, 4) is 0 Å². The highest BCUT2D eigenvalue weighted by Crippen LogP contribution is 2.36. The van der Waals surface area contributed by atoms with Gasteiger partial charge in [0.15, 0.2) is 0 Å². The summed E-state index contributed by atoms with van der Waals surface area (Å²) in [6.07, 6.45) is -5.88. The first-order chi connectivity index (χ1) is 19.1. The number of halogens is 8. The minimum Gasteiger partial charge on any atom is -0.354 e. The Bertz CT molecular complexity index is 1300. The Balaban J connectivity index is 1.94. The van der Waals surface area contributed by atoms with Crippen molar-refractivity contribution in [3.05, 3.63) is 79.7 Å². The highest BCUT2D eigenvalue weighted by atomic mass is 79.9. The molecule has 1 aliphatic rings. The minimum absolute atomic E-state index is 0.0541. The van der Waals surface area contributed by atoms with Crippen molar-refractivity contribution in [1.82, 2.24) is 15.5 Å². The molecule has 2 N–H and O–H groups in total. The lowest BCUT2D eigenvalue weighted by Crippen LogP contribution is -2.45. The number of amides is 3. The van der Waals surface area contributed by atoms with Crippen molar-refractivity contribution < 1.29 is 40.7 Å². The van der Waals surface area contributed by atoms with Crippen LogP contribution in [0.5, 0.6) is 0 Å². The number of carbonyl (C=O) groups excluding carboxylic acids is 3. The minimum atomic E-state index is -5.12. The van der Waals surface area contributed by atoms with Gasteiger partial charge in [0.05, 0.1) is 17.2 Å². The molecular formula is C27H25Br2F6N3O3. The molecule has 1 fully saturated rings. The van der Waals surface area contributed by atoms with E-state index in [2.05, 4.69) is 42.5 Å². The Hall–Kier alpha value is -2.87. The fraction of sp³-hybridized carbons (Fsp3) is 0.370. The van der Waals surface area contributed by atoms with Crippen LogP contribution in [0.1, 0.15) is 46.3 Å². The number of hydrogen-bond acceptors (Lipinski definition) is 3. The van der Waals surface area contributed by atoms with Gasteiger partial charge >= 0.3 is 12.4 Å². The molecule has 0 radical (unpaired) electrons. The molecule has 0 bridgehead atoms. The van der Waals surface area contributed by atoms with E-state index in [4.69, 9.17) is 0 Å². The first-order valence-corrected chi connectivity index (χ1v) is 13.9. The summed E-state index contributed by atoms with van der Waals surface area (Å²) in [4.78, 5) is 39.1. The third-order valence-electron chi connectivity index (χ3n) is 6.40. The Labute approximate surface area is 248 Å². The number of rotatable bonds is 7. The van der Waals surface area contributed by atoms with Crippen LogP contribution >= 0.6 is 31.9 Å². The number of carbonyl (C=O) groups is 3. The molecule has 2 aromatic rings. The monoisotopic (exact) mass is 711 g/mol. The zero-order valence-corrected chi connectivity index (χ0v) is 24.7. The molecule has 0 spiro atoms. The molecule has 14 heteroatoms. The molecule has 1 aliphatic heterocycles. The van der Waals surface area contributed by atoms with Gasteiger partial charge in [0.2, 0.25) is 11.8 Å². The predicted molar refractivity (Wildman–Crippen MR) is 146 cm³/mol. The summed E-state index contributed by atoms with van der Waals surface area (Å²) >= 11 is 6.70. The second kappa shape index (κ2) is 13.4. The number of nitrogens with zero attached hydrogens (tertiary/aromatic N) is 1. The maximum atomic E-state index is 13.4. The summed E-state index contributed by atoms with van der Waals surface area (Å²) in [5.74, 6) is -2.10. The molecule has 222 valence electrons. The van der Waals surface area contributed by atoms with Gasteiger partial charge in [0.1, 0.15) is 6.04 Å². The number of benzene rings is 2. The lowest BCUT2D eigenvalue weighted by molar-refractivity contribution is -0.143. The number of hydrogen-bond donors (Lipinski definition) is 2. The van der Waals surface area contributed by atoms with Gasteiger partial charge in [-0.1, -0.05) is 12.1 Å². The molecule has 0 aromatic heterocycles. The van der Waals surface area contributed by atoms with Crippen molar-refractivity contribution >= 4 is 49.6 Å². The Morgan fingerprint density at radius 3 is 2.24 bits per heavy atom. The molecule has 3 rings (SSSR count). The van der Waals surface area contributed by atoms with Crippen LogP contribution in [0.3, 0.4) is 0 Å². The zero-order chi connectivity index (χ0) is 30.5. The smallest absolute Gasteiger partial charge is 0.354 e. The molecule has 2 atom stereocenters. The molecule has 1 unspecified atom stereocenters. The molecule has 1 heterocycles. The maximum absolute atomic E-state index is 13.4. The van der Waals surface area contributed by atoms with Gasteiger partial charge in [-0.2, -0.15) is 26.3 Å². The largest absolute Gasteiger partial charge is 0.416 e. The van der Waals surface area contributed by atoms with E-state index in [0.29, 0.717) is 41.6 Å². The topological polar surface area (TPSA) is 78.5 Å². The van der Waals surface area contributed by atoms with E-state index in [-0.39, 0.29) is 18.4 Å². The molecule has 0 saturated carbocycles. The summed E-state index contributed by atoms with van der Waals surface area (Å²) in [5.41, 5.74) is -3.40. The highest BCUT2D eigenvalue weighted by molar-refractivity contribution is 9.13.